The van der Waals surface area contributed by atoms with Crippen LogP contribution < -0.4 is 5.32 Å². The minimum absolute atomic E-state index is 0.0238. The highest BCUT2D eigenvalue weighted by molar-refractivity contribution is 7.23. The molecule has 0 bridgehead atoms. The van der Waals surface area contributed by atoms with E-state index in [4.69, 9.17) is 9.47 Å². The Morgan fingerprint density at radius 3 is 2.40 bits per heavy atom. The third-order valence-corrected chi connectivity index (χ3v) is 9.23. The van der Waals surface area contributed by atoms with Crippen molar-refractivity contribution in [1.82, 2.24) is 14.4 Å². The van der Waals surface area contributed by atoms with Crippen LogP contribution in [0.5, 0.6) is 0 Å². The summed E-state index contributed by atoms with van der Waals surface area (Å²) in [6.45, 7) is 11.8. The van der Waals surface area contributed by atoms with Gasteiger partial charge in [0.1, 0.15) is 33.9 Å². The van der Waals surface area contributed by atoms with Gasteiger partial charge >= 0.3 is 12.2 Å². The number of halogens is 2. The van der Waals surface area contributed by atoms with Gasteiger partial charge in [-0.25, -0.2) is 18.4 Å². The zero-order chi connectivity index (χ0) is 34.0. The Morgan fingerprint density at radius 1 is 1.00 bits per heavy atom. The molecule has 4 heterocycles. The molecule has 6 rings (SSSR count). The van der Waals surface area contributed by atoms with Crippen molar-refractivity contribution in [1.29, 1.82) is 5.26 Å². The molecule has 2 aliphatic rings. The lowest BCUT2D eigenvalue weighted by Gasteiger charge is -2.42. The number of hydrogen-bond donors (Lipinski definition) is 1. The normalized spacial score (nSPS) is 16.8. The van der Waals surface area contributed by atoms with Crippen LogP contribution >= 0.6 is 11.3 Å². The molecule has 0 spiro atoms. The number of benzene rings is 2. The topological polar surface area (TPSA) is 117 Å². The fourth-order valence-corrected chi connectivity index (χ4v) is 7.34. The number of ether oxygens (including phenoxy) is 2. The van der Waals surface area contributed by atoms with Gasteiger partial charge in [-0.05, 0) is 71.7 Å². The van der Waals surface area contributed by atoms with E-state index in [9.17, 15) is 19.6 Å². The lowest BCUT2D eigenvalue weighted by Crippen LogP contribution is -2.57. The lowest BCUT2D eigenvalue weighted by atomic mass is 9.93. The zero-order valence-electron chi connectivity index (χ0n) is 27.0. The van der Waals surface area contributed by atoms with Gasteiger partial charge in [0.15, 0.2) is 0 Å². The number of rotatable bonds is 2. The number of hydrogen-bond acceptors (Lipinski definition) is 7. The number of piperazine rings is 1. The second-order valence-corrected chi connectivity index (χ2v) is 14.8. The number of thiophene rings is 1. The Bertz CT molecular complexity index is 2000. The first-order chi connectivity index (χ1) is 22.1. The molecule has 2 aliphatic heterocycles. The summed E-state index contributed by atoms with van der Waals surface area (Å²) in [6.07, 6.45) is 1.08. The summed E-state index contributed by atoms with van der Waals surface area (Å²) in [5, 5.41) is 13.4. The Kier molecular flexibility index (Phi) is 7.91. The molecule has 1 N–H and O–H groups in total. The third kappa shape index (κ3) is 5.98. The van der Waals surface area contributed by atoms with Gasteiger partial charge in [0.05, 0.1) is 27.4 Å². The van der Waals surface area contributed by atoms with Gasteiger partial charge < -0.3 is 23.8 Å². The first kappa shape index (κ1) is 32.2. The highest BCUT2D eigenvalue weighted by Gasteiger charge is 2.37. The van der Waals surface area contributed by atoms with Gasteiger partial charge in [-0.3, -0.25) is 10.1 Å². The first-order valence-electron chi connectivity index (χ1n) is 15.3. The summed E-state index contributed by atoms with van der Waals surface area (Å²) in [5.41, 5.74) is -0.407. The molecule has 47 heavy (non-hydrogen) atoms. The van der Waals surface area contributed by atoms with Crippen LogP contribution in [0.3, 0.4) is 0 Å². The van der Waals surface area contributed by atoms with E-state index in [0.717, 1.165) is 11.3 Å². The number of nitrogens with one attached hydrogen (secondary N) is 1. The van der Waals surface area contributed by atoms with Gasteiger partial charge in [0.25, 0.3) is 5.91 Å². The van der Waals surface area contributed by atoms with E-state index in [1.54, 1.807) is 63.6 Å². The smallest absolute Gasteiger partial charge is 0.412 e. The summed E-state index contributed by atoms with van der Waals surface area (Å²) < 4.78 is 44.5. The van der Waals surface area contributed by atoms with Crippen molar-refractivity contribution in [2.45, 2.75) is 71.8 Å². The first-order valence-corrected chi connectivity index (χ1v) is 16.1. The summed E-state index contributed by atoms with van der Waals surface area (Å²) in [4.78, 5) is 42.7. The van der Waals surface area contributed by atoms with E-state index in [1.807, 2.05) is 4.57 Å². The predicted molar refractivity (Wildman–Crippen MR) is 174 cm³/mol. The van der Waals surface area contributed by atoms with Gasteiger partial charge in [0.2, 0.25) is 0 Å². The average molecular weight is 664 g/mol. The van der Waals surface area contributed by atoms with Crippen molar-refractivity contribution in [3.63, 3.8) is 0 Å². The van der Waals surface area contributed by atoms with Crippen molar-refractivity contribution < 1.29 is 32.6 Å². The minimum Gasteiger partial charge on any atom is -0.444 e. The van der Waals surface area contributed by atoms with Gasteiger partial charge in [-0.1, -0.05) is 6.07 Å². The molecule has 0 saturated carbocycles. The second kappa shape index (κ2) is 11.5. The highest BCUT2D eigenvalue weighted by atomic mass is 32.1. The fraction of sp³-hybridized carbons (Fsp3) is 0.412. The highest BCUT2D eigenvalue weighted by Crippen LogP contribution is 2.45. The predicted octanol–water partition coefficient (Wildman–Crippen LogP) is 7.49. The monoisotopic (exact) mass is 663 g/mol. The van der Waals surface area contributed by atoms with E-state index >= 15 is 8.78 Å². The number of aromatic nitrogens is 1. The van der Waals surface area contributed by atoms with Gasteiger partial charge in [0, 0.05) is 48.7 Å². The van der Waals surface area contributed by atoms with Gasteiger partial charge in [-0.2, -0.15) is 5.26 Å². The SMILES string of the molecule is CC(C)(C)OC(=O)Nc1sc2c(F)ccc(-c3c(F)cc4c5c3ccn5CC[C@@H]3CN(C(=O)OC(C)(C)C)CCN3C4=O)c2c1C#N. The molecule has 10 nitrogen and oxygen atoms in total. The van der Waals surface area contributed by atoms with E-state index in [-0.39, 0.29) is 62.4 Å². The number of nitrogens with zero attached hydrogens (tertiary/aromatic N) is 4. The third-order valence-electron chi connectivity index (χ3n) is 8.11. The zero-order valence-corrected chi connectivity index (χ0v) is 27.8. The molecule has 0 aliphatic carbocycles. The number of amides is 3. The molecular weight excluding hydrogens is 628 g/mol. The van der Waals surface area contributed by atoms with Crippen molar-refractivity contribution in [2.24, 2.45) is 0 Å². The van der Waals surface area contributed by atoms with Gasteiger partial charge in [-0.15, -0.1) is 11.3 Å². The Labute approximate surface area is 274 Å². The van der Waals surface area contributed by atoms with E-state index in [2.05, 4.69) is 11.4 Å². The van der Waals surface area contributed by atoms with Crippen LogP contribution in [0.15, 0.2) is 30.5 Å². The molecular formula is C34H35F2N5O5S. The average Bonchev–Trinajstić information content (AvgIpc) is 3.55. The molecule has 1 atom stereocenters. The van der Waals surface area contributed by atoms with Crippen LogP contribution in [0.25, 0.3) is 32.1 Å². The largest absolute Gasteiger partial charge is 0.444 e. The van der Waals surface area contributed by atoms with Crippen molar-refractivity contribution in [3.8, 4) is 17.2 Å². The lowest BCUT2D eigenvalue weighted by molar-refractivity contribution is 0.00286. The van der Waals surface area contributed by atoms with Crippen molar-refractivity contribution in [3.05, 3.63) is 53.2 Å². The fourth-order valence-electron chi connectivity index (χ4n) is 6.27. The molecule has 13 heteroatoms. The standard InChI is InChI=1S/C34H35F2N5O5S/c1-33(2,3)45-31(43)38-29-22(16-37)26-19(7-8-23(35)28(26)47-29)25-20-10-12-39-11-9-18-17-40(32(44)46-34(4,5)6)13-14-41(18)30(42)21(27(20)39)15-24(25)36/h7-8,10,12,15,18H,9,11,13-14,17H2,1-6H3,(H,38,43)/t18-/m1/s1. The molecule has 2 aromatic carbocycles. The molecule has 0 radical (unpaired) electrons. The number of carbonyl (C=O) groups excluding carboxylic acids is 3. The summed E-state index contributed by atoms with van der Waals surface area (Å²) in [5.74, 6) is -1.70. The Morgan fingerprint density at radius 2 is 1.72 bits per heavy atom. The Hall–Kier alpha value is -4.70. The van der Waals surface area contributed by atoms with E-state index in [0.29, 0.717) is 30.4 Å². The summed E-state index contributed by atoms with van der Waals surface area (Å²) >= 11 is 0.863. The van der Waals surface area contributed by atoms with Crippen LogP contribution in [0.4, 0.5) is 23.4 Å². The number of aryl methyl sites for hydroxylation is 1. The molecule has 3 amide bonds. The summed E-state index contributed by atoms with van der Waals surface area (Å²) in [7, 11) is 0. The van der Waals surface area contributed by atoms with E-state index < -0.39 is 35.0 Å². The molecule has 0 unspecified atom stereocenters. The quantitative estimate of drug-likeness (QED) is 0.238. The van der Waals surface area contributed by atoms with Crippen LogP contribution in [0.1, 0.15) is 63.9 Å². The van der Waals surface area contributed by atoms with E-state index in [1.165, 1.54) is 18.2 Å². The van der Waals surface area contributed by atoms with Crippen LogP contribution in [-0.4, -0.2) is 69.3 Å². The van der Waals surface area contributed by atoms with Crippen LogP contribution in [-0.2, 0) is 16.0 Å². The maximum Gasteiger partial charge on any atom is 0.412 e. The second-order valence-electron chi connectivity index (χ2n) is 13.8. The number of nitriles is 1. The van der Waals surface area contributed by atoms with Crippen molar-refractivity contribution >= 4 is 55.4 Å². The minimum atomic E-state index is -0.810. The molecule has 2 aromatic heterocycles. The number of anilines is 1. The van der Waals surface area contributed by atoms with Crippen LogP contribution in [0, 0.1) is 23.0 Å². The number of fused-ring (bicyclic) bond motifs is 2. The molecule has 246 valence electrons. The maximum atomic E-state index is 16.4. The van der Waals surface area contributed by atoms with Crippen molar-refractivity contribution in [2.75, 3.05) is 25.0 Å². The Balaban J connectivity index is 1.42. The number of carbonyl (C=O) groups is 3. The molecule has 1 fully saturated rings. The van der Waals surface area contributed by atoms with Crippen LogP contribution in [0.2, 0.25) is 0 Å². The molecule has 4 aromatic rings. The summed E-state index contributed by atoms with van der Waals surface area (Å²) in [6, 6.07) is 7.29. The maximum absolute atomic E-state index is 16.4. The molecule has 1 saturated heterocycles.